The van der Waals surface area contributed by atoms with E-state index in [1.165, 1.54) is 18.2 Å². The Labute approximate surface area is 117 Å². The summed E-state index contributed by atoms with van der Waals surface area (Å²) in [5.41, 5.74) is 3.52. The number of rotatable bonds is 4. The number of carboxylic acids is 1. The molecule has 104 valence electrons. The number of hydrogen-bond donors (Lipinski definition) is 2. The largest absolute Gasteiger partial charge is 0.478 e. The SMILES string of the molecule is Cc1ccc(C)c(NCc2cc(C(=O)O)ccc2F)c1. The molecule has 0 aliphatic carbocycles. The van der Waals surface area contributed by atoms with Gasteiger partial charge in [-0.2, -0.15) is 0 Å². The molecule has 0 atom stereocenters. The molecule has 0 radical (unpaired) electrons. The third kappa shape index (κ3) is 3.15. The normalized spacial score (nSPS) is 10.3. The number of nitrogens with one attached hydrogen (secondary N) is 1. The first kappa shape index (κ1) is 14.1. The monoisotopic (exact) mass is 273 g/mol. The van der Waals surface area contributed by atoms with E-state index in [1.807, 2.05) is 32.0 Å². The third-order valence-electron chi connectivity index (χ3n) is 3.16. The van der Waals surface area contributed by atoms with Crippen molar-refractivity contribution in [1.29, 1.82) is 0 Å². The van der Waals surface area contributed by atoms with Crippen molar-refractivity contribution in [3.63, 3.8) is 0 Å². The fraction of sp³-hybridized carbons (Fsp3) is 0.188. The Balaban J connectivity index is 2.20. The van der Waals surface area contributed by atoms with Gasteiger partial charge in [0.1, 0.15) is 5.82 Å². The van der Waals surface area contributed by atoms with E-state index in [2.05, 4.69) is 5.32 Å². The summed E-state index contributed by atoms with van der Waals surface area (Å²) in [6, 6.07) is 9.78. The van der Waals surface area contributed by atoms with E-state index in [0.29, 0.717) is 5.56 Å². The minimum Gasteiger partial charge on any atom is -0.478 e. The Bertz CT molecular complexity index is 653. The van der Waals surface area contributed by atoms with Crippen LogP contribution in [0.25, 0.3) is 0 Å². The molecule has 20 heavy (non-hydrogen) atoms. The Morgan fingerprint density at radius 1 is 1.20 bits per heavy atom. The second-order valence-corrected chi connectivity index (χ2v) is 4.78. The molecule has 4 heteroatoms. The first-order chi connectivity index (χ1) is 9.47. The van der Waals surface area contributed by atoms with Gasteiger partial charge in [0.2, 0.25) is 0 Å². The van der Waals surface area contributed by atoms with E-state index in [1.54, 1.807) is 0 Å². The molecule has 2 rings (SSSR count). The molecule has 0 aliphatic rings. The quantitative estimate of drug-likeness (QED) is 0.891. The summed E-state index contributed by atoms with van der Waals surface area (Å²) in [6.45, 7) is 4.19. The molecule has 2 aromatic carbocycles. The van der Waals surface area contributed by atoms with Crippen molar-refractivity contribution in [1.82, 2.24) is 0 Å². The van der Waals surface area contributed by atoms with Gasteiger partial charge in [0.15, 0.2) is 0 Å². The highest BCUT2D eigenvalue weighted by Crippen LogP contribution is 2.18. The zero-order chi connectivity index (χ0) is 14.7. The summed E-state index contributed by atoms with van der Waals surface area (Å²) in [7, 11) is 0. The first-order valence-electron chi connectivity index (χ1n) is 6.30. The molecule has 0 amide bonds. The Hall–Kier alpha value is -2.36. The number of aryl methyl sites for hydroxylation is 2. The standard InChI is InChI=1S/C16H16FNO2/c1-10-3-4-11(2)15(7-10)18-9-13-8-12(16(19)20)5-6-14(13)17/h3-8,18H,9H2,1-2H3,(H,19,20). The fourth-order valence-corrected chi connectivity index (χ4v) is 1.96. The lowest BCUT2D eigenvalue weighted by Crippen LogP contribution is -2.06. The van der Waals surface area contributed by atoms with Crippen LogP contribution in [0.3, 0.4) is 0 Å². The Kier molecular flexibility index (Phi) is 4.03. The smallest absolute Gasteiger partial charge is 0.335 e. The second kappa shape index (κ2) is 5.74. The van der Waals surface area contributed by atoms with E-state index in [9.17, 15) is 9.18 Å². The van der Waals surface area contributed by atoms with Gasteiger partial charge in [0.05, 0.1) is 5.56 Å². The molecule has 0 heterocycles. The number of benzene rings is 2. The van der Waals surface area contributed by atoms with Crippen molar-refractivity contribution in [2.45, 2.75) is 20.4 Å². The third-order valence-corrected chi connectivity index (χ3v) is 3.16. The predicted molar refractivity (Wildman–Crippen MR) is 76.6 cm³/mol. The van der Waals surface area contributed by atoms with Gasteiger partial charge in [-0.15, -0.1) is 0 Å². The number of carbonyl (C=O) groups is 1. The van der Waals surface area contributed by atoms with E-state index in [4.69, 9.17) is 5.11 Å². The molecule has 0 fully saturated rings. The van der Waals surface area contributed by atoms with Crippen molar-refractivity contribution >= 4 is 11.7 Å². The average Bonchev–Trinajstić information content (AvgIpc) is 2.41. The molecule has 3 nitrogen and oxygen atoms in total. The average molecular weight is 273 g/mol. The van der Waals surface area contributed by atoms with Crippen molar-refractivity contribution in [3.8, 4) is 0 Å². The molecule has 0 aromatic heterocycles. The van der Waals surface area contributed by atoms with Gasteiger partial charge >= 0.3 is 5.97 Å². The van der Waals surface area contributed by atoms with E-state index >= 15 is 0 Å². The molecule has 2 N–H and O–H groups in total. The summed E-state index contributed by atoms with van der Waals surface area (Å²) in [5, 5.41) is 12.1. The van der Waals surface area contributed by atoms with Crippen LogP contribution < -0.4 is 5.32 Å². The van der Waals surface area contributed by atoms with Crippen LogP contribution >= 0.6 is 0 Å². The zero-order valence-electron chi connectivity index (χ0n) is 11.4. The highest BCUT2D eigenvalue weighted by Gasteiger charge is 2.08. The molecule has 0 bridgehead atoms. The van der Waals surface area contributed by atoms with E-state index < -0.39 is 11.8 Å². The summed E-state index contributed by atoms with van der Waals surface area (Å²) in [5.74, 6) is -1.47. The maximum atomic E-state index is 13.7. The van der Waals surface area contributed by atoms with E-state index in [-0.39, 0.29) is 12.1 Å². The van der Waals surface area contributed by atoms with Crippen LogP contribution in [0.2, 0.25) is 0 Å². The number of aromatic carboxylic acids is 1. The predicted octanol–water partition coefficient (Wildman–Crippen LogP) is 3.75. The van der Waals surface area contributed by atoms with Crippen LogP contribution in [0.4, 0.5) is 10.1 Å². The zero-order valence-corrected chi connectivity index (χ0v) is 11.4. The topological polar surface area (TPSA) is 49.3 Å². The highest BCUT2D eigenvalue weighted by molar-refractivity contribution is 5.87. The molecule has 0 saturated carbocycles. The molecule has 0 aliphatic heterocycles. The minimum absolute atomic E-state index is 0.0872. The second-order valence-electron chi connectivity index (χ2n) is 4.78. The van der Waals surface area contributed by atoms with Gasteiger partial charge in [0.25, 0.3) is 0 Å². The molecular weight excluding hydrogens is 257 g/mol. The number of halogens is 1. The van der Waals surface area contributed by atoms with Gasteiger partial charge < -0.3 is 10.4 Å². The summed E-state index contributed by atoms with van der Waals surface area (Å²) in [4.78, 5) is 10.9. The molecule has 2 aromatic rings. The molecular formula is C16H16FNO2. The van der Waals surface area contributed by atoms with Crippen molar-refractivity contribution in [2.24, 2.45) is 0 Å². The van der Waals surface area contributed by atoms with Gasteiger partial charge in [0, 0.05) is 17.8 Å². The van der Waals surface area contributed by atoms with Gasteiger partial charge in [-0.05, 0) is 49.2 Å². The number of anilines is 1. The lowest BCUT2D eigenvalue weighted by molar-refractivity contribution is 0.0696. The lowest BCUT2D eigenvalue weighted by Gasteiger charge is -2.11. The van der Waals surface area contributed by atoms with Crippen LogP contribution in [0.1, 0.15) is 27.0 Å². The summed E-state index contributed by atoms with van der Waals surface area (Å²) < 4.78 is 13.7. The van der Waals surface area contributed by atoms with Crippen molar-refractivity contribution < 1.29 is 14.3 Å². The number of hydrogen-bond acceptors (Lipinski definition) is 2. The maximum absolute atomic E-state index is 13.7. The molecule has 0 spiro atoms. The van der Waals surface area contributed by atoms with Gasteiger partial charge in [-0.25, -0.2) is 9.18 Å². The van der Waals surface area contributed by atoms with Crippen molar-refractivity contribution in [3.05, 3.63) is 64.5 Å². The Morgan fingerprint density at radius 3 is 2.65 bits per heavy atom. The summed E-state index contributed by atoms with van der Waals surface area (Å²) in [6.07, 6.45) is 0. The fourth-order valence-electron chi connectivity index (χ4n) is 1.96. The molecule has 0 unspecified atom stereocenters. The van der Waals surface area contributed by atoms with Crippen LogP contribution in [0.15, 0.2) is 36.4 Å². The van der Waals surface area contributed by atoms with Gasteiger partial charge in [-0.1, -0.05) is 12.1 Å². The van der Waals surface area contributed by atoms with Crippen LogP contribution in [-0.2, 0) is 6.54 Å². The number of carboxylic acid groups (broad SMARTS) is 1. The molecule has 0 saturated heterocycles. The van der Waals surface area contributed by atoms with Crippen LogP contribution in [-0.4, -0.2) is 11.1 Å². The van der Waals surface area contributed by atoms with Crippen molar-refractivity contribution in [2.75, 3.05) is 5.32 Å². The maximum Gasteiger partial charge on any atom is 0.335 e. The highest BCUT2D eigenvalue weighted by atomic mass is 19.1. The van der Waals surface area contributed by atoms with Crippen LogP contribution in [0.5, 0.6) is 0 Å². The summed E-state index contributed by atoms with van der Waals surface area (Å²) >= 11 is 0. The minimum atomic E-state index is -1.06. The first-order valence-corrected chi connectivity index (χ1v) is 6.30. The van der Waals surface area contributed by atoms with Gasteiger partial charge in [-0.3, -0.25) is 0 Å². The van der Waals surface area contributed by atoms with E-state index in [0.717, 1.165) is 16.8 Å². The Morgan fingerprint density at radius 2 is 1.95 bits per heavy atom. The van der Waals surface area contributed by atoms with Crippen LogP contribution in [0, 0.1) is 19.7 Å². The lowest BCUT2D eigenvalue weighted by atomic mass is 10.1.